The van der Waals surface area contributed by atoms with E-state index in [-0.39, 0.29) is 42.8 Å². The molecule has 5 N–H and O–H groups in total. The summed E-state index contributed by atoms with van der Waals surface area (Å²) in [5.41, 5.74) is 8.63. The van der Waals surface area contributed by atoms with Crippen molar-refractivity contribution in [3.63, 3.8) is 0 Å². The van der Waals surface area contributed by atoms with E-state index in [4.69, 9.17) is 10.5 Å². The predicted octanol–water partition coefficient (Wildman–Crippen LogP) is 4.38. The van der Waals surface area contributed by atoms with Crippen LogP contribution in [-0.4, -0.2) is 62.4 Å². The van der Waals surface area contributed by atoms with Gasteiger partial charge in [-0.05, 0) is 67.8 Å². The minimum absolute atomic E-state index is 0. The Labute approximate surface area is 254 Å². The molecule has 1 heterocycles. The average Bonchev–Trinajstić information content (AvgIpc) is 3.30. The lowest BCUT2D eigenvalue weighted by Gasteiger charge is -2.30. The third kappa shape index (κ3) is 9.25. The van der Waals surface area contributed by atoms with Crippen LogP contribution >= 0.6 is 12.4 Å². The number of carbonyl (C=O) groups excluding carboxylic acids is 1. The second-order valence-corrected chi connectivity index (χ2v) is 12.7. The number of rotatable bonds is 13. The second kappa shape index (κ2) is 14.1. The number of aliphatic hydroxyl groups is 1. The lowest BCUT2D eigenvalue weighted by atomic mass is 9.99. The quantitative estimate of drug-likeness (QED) is 0.209. The number of urea groups is 1. The largest absolute Gasteiger partial charge is 0.487 e. The molecule has 3 aromatic carbocycles. The van der Waals surface area contributed by atoms with Crippen LogP contribution in [0.2, 0.25) is 0 Å². The summed E-state index contributed by atoms with van der Waals surface area (Å²) in [4.78, 5) is 16.5. The molecule has 1 aliphatic rings. The number of nitrogens with two attached hydrogens (primary N) is 1. The van der Waals surface area contributed by atoms with E-state index in [1.807, 2.05) is 61.2 Å². The number of hydrogen-bond donors (Lipinski definition) is 4. The van der Waals surface area contributed by atoms with Crippen molar-refractivity contribution in [2.24, 2.45) is 0 Å². The normalized spacial score (nSPS) is 14.4. The topological polar surface area (TPSA) is 137 Å². The van der Waals surface area contributed by atoms with Crippen LogP contribution < -0.4 is 25.4 Å². The van der Waals surface area contributed by atoms with E-state index in [1.54, 1.807) is 35.2 Å². The van der Waals surface area contributed by atoms with Gasteiger partial charge in [-0.3, -0.25) is 9.62 Å². The fraction of sp³-hybridized carbons (Fsp3) is 0.367. The van der Waals surface area contributed by atoms with E-state index in [0.717, 1.165) is 17.5 Å². The predicted molar refractivity (Wildman–Crippen MR) is 170 cm³/mol. The van der Waals surface area contributed by atoms with E-state index < -0.39 is 16.1 Å². The lowest BCUT2D eigenvalue weighted by Crippen LogP contribution is -2.44. The number of nitrogen functional groups attached to an aromatic ring is 1. The Morgan fingerprint density at radius 2 is 1.74 bits per heavy atom. The first-order valence-corrected chi connectivity index (χ1v) is 15.4. The Kier molecular flexibility index (Phi) is 11.1. The highest BCUT2D eigenvalue weighted by Gasteiger charge is 2.31. The highest BCUT2D eigenvalue weighted by molar-refractivity contribution is 7.92. The minimum Gasteiger partial charge on any atom is -0.487 e. The molecule has 0 spiro atoms. The van der Waals surface area contributed by atoms with Gasteiger partial charge in [-0.1, -0.05) is 36.4 Å². The highest BCUT2D eigenvalue weighted by Crippen LogP contribution is 2.30. The van der Waals surface area contributed by atoms with Crippen molar-refractivity contribution in [1.82, 2.24) is 10.2 Å². The molecule has 0 aromatic heterocycles. The maximum atomic E-state index is 12.9. The average molecular weight is 618 g/mol. The number of hydrogen-bond acceptors (Lipinski definition) is 7. The van der Waals surface area contributed by atoms with Crippen LogP contribution in [0.25, 0.3) is 0 Å². The molecule has 42 heavy (non-hydrogen) atoms. The van der Waals surface area contributed by atoms with Gasteiger partial charge >= 0.3 is 6.03 Å². The van der Waals surface area contributed by atoms with E-state index in [0.29, 0.717) is 43.1 Å². The number of anilines is 3. The molecule has 3 aromatic rings. The number of β-amino-alcohol motifs (C(OH)–C–C–N with tert-alkyl or cyclic N) is 1. The molecule has 0 bridgehead atoms. The van der Waals surface area contributed by atoms with Crippen LogP contribution in [0.3, 0.4) is 0 Å². The SMILES string of the molecule is CC(C)(CCN1CCN(c2ccc(N)cc2)C1=O)NCC(O)c1ccc(OCc2ccccc2)c(NS(C)(=O)=O)c1.Cl. The number of sulfonamides is 1. The van der Waals surface area contributed by atoms with Crippen molar-refractivity contribution < 1.29 is 23.1 Å². The minimum atomic E-state index is -3.57. The van der Waals surface area contributed by atoms with Crippen molar-refractivity contribution in [2.75, 3.05) is 47.8 Å². The molecule has 1 saturated heterocycles. The van der Waals surface area contributed by atoms with E-state index in [1.165, 1.54) is 0 Å². The summed E-state index contributed by atoms with van der Waals surface area (Å²) in [6.07, 6.45) is 0.849. The van der Waals surface area contributed by atoms with E-state index >= 15 is 0 Å². The molecular formula is C30H40ClN5O5S. The number of ether oxygens (including phenoxy) is 1. The standard InChI is InChI=1S/C30H39N5O5S.ClH/c1-30(2,15-16-34-17-18-35(29(34)37)25-12-10-24(31)11-13-25)32-20-27(36)23-9-14-28(26(19-23)33-41(3,38)39)40-21-22-7-5-4-6-8-22;/h4-14,19,27,32-33,36H,15-18,20-21,31H2,1-3H3;1H. The van der Waals surface area contributed by atoms with Crippen molar-refractivity contribution in [2.45, 2.75) is 38.5 Å². The van der Waals surface area contributed by atoms with Gasteiger partial charge in [-0.2, -0.15) is 0 Å². The maximum absolute atomic E-state index is 12.9. The molecule has 0 radical (unpaired) electrons. The van der Waals surface area contributed by atoms with Crippen LogP contribution in [-0.2, 0) is 16.6 Å². The van der Waals surface area contributed by atoms with Crippen molar-refractivity contribution in [3.05, 3.63) is 83.9 Å². The molecule has 2 amide bonds. The Morgan fingerprint density at radius 1 is 1.05 bits per heavy atom. The Balaban J connectivity index is 0.00000484. The molecule has 1 unspecified atom stereocenters. The monoisotopic (exact) mass is 617 g/mol. The van der Waals surface area contributed by atoms with Gasteiger partial charge in [0.05, 0.1) is 18.0 Å². The fourth-order valence-corrected chi connectivity index (χ4v) is 5.13. The molecular weight excluding hydrogens is 578 g/mol. The van der Waals surface area contributed by atoms with Gasteiger partial charge in [0.1, 0.15) is 12.4 Å². The first-order valence-electron chi connectivity index (χ1n) is 13.5. The summed E-state index contributed by atoms with van der Waals surface area (Å²) >= 11 is 0. The van der Waals surface area contributed by atoms with Gasteiger partial charge in [0, 0.05) is 43.1 Å². The summed E-state index contributed by atoms with van der Waals surface area (Å²) in [7, 11) is -3.57. The zero-order valence-electron chi connectivity index (χ0n) is 24.1. The van der Waals surface area contributed by atoms with Crippen LogP contribution in [0.1, 0.15) is 37.5 Å². The zero-order chi connectivity index (χ0) is 29.6. The van der Waals surface area contributed by atoms with Gasteiger partial charge in [-0.15, -0.1) is 12.4 Å². The van der Waals surface area contributed by atoms with Gasteiger partial charge < -0.3 is 25.8 Å². The van der Waals surface area contributed by atoms with Gasteiger partial charge in [0.2, 0.25) is 10.0 Å². The summed E-state index contributed by atoms with van der Waals surface area (Å²) in [6, 6.07) is 21.8. The first-order chi connectivity index (χ1) is 19.4. The smallest absolute Gasteiger partial charge is 0.324 e. The van der Waals surface area contributed by atoms with Crippen molar-refractivity contribution in [1.29, 1.82) is 0 Å². The molecule has 1 fully saturated rings. The maximum Gasteiger partial charge on any atom is 0.324 e. The summed E-state index contributed by atoms with van der Waals surface area (Å²) < 4.78 is 32.4. The molecule has 1 aliphatic heterocycles. The van der Waals surface area contributed by atoms with Gasteiger partial charge in [0.25, 0.3) is 0 Å². The van der Waals surface area contributed by atoms with Crippen LogP contribution in [0.15, 0.2) is 72.8 Å². The molecule has 1 atom stereocenters. The van der Waals surface area contributed by atoms with Crippen LogP contribution in [0.5, 0.6) is 5.75 Å². The molecule has 228 valence electrons. The zero-order valence-corrected chi connectivity index (χ0v) is 25.7. The number of nitrogens with zero attached hydrogens (tertiary/aromatic N) is 2. The molecule has 4 rings (SSSR count). The fourth-order valence-electron chi connectivity index (χ4n) is 4.57. The summed E-state index contributed by atoms with van der Waals surface area (Å²) in [5.74, 6) is 0.367. The number of benzene rings is 3. The van der Waals surface area contributed by atoms with E-state index in [2.05, 4.69) is 10.0 Å². The van der Waals surface area contributed by atoms with Gasteiger partial charge in [0.15, 0.2) is 0 Å². The molecule has 0 saturated carbocycles. The van der Waals surface area contributed by atoms with E-state index in [9.17, 15) is 18.3 Å². The van der Waals surface area contributed by atoms with Crippen molar-refractivity contribution in [3.8, 4) is 5.75 Å². The number of amides is 2. The number of carbonyl (C=O) groups is 1. The molecule has 10 nitrogen and oxygen atoms in total. The Hall–Kier alpha value is -3.51. The third-order valence-corrected chi connectivity index (χ3v) is 7.59. The Morgan fingerprint density at radius 3 is 2.40 bits per heavy atom. The number of aliphatic hydroxyl groups excluding tert-OH is 1. The van der Waals surface area contributed by atoms with Gasteiger partial charge in [-0.25, -0.2) is 13.2 Å². The lowest BCUT2D eigenvalue weighted by molar-refractivity contribution is 0.156. The molecule has 12 heteroatoms. The summed E-state index contributed by atoms with van der Waals surface area (Å²) in [6.45, 7) is 6.37. The first kappa shape index (κ1) is 33.0. The van der Waals surface area contributed by atoms with Crippen LogP contribution in [0, 0.1) is 0 Å². The van der Waals surface area contributed by atoms with Crippen LogP contribution in [0.4, 0.5) is 21.9 Å². The number of nitrogens with one attached hydrogen (secondary N) is 2. The summed E-state index contributed by atoms with van der Waals surface area (Å²) in [5, 5.41) is 14.3. The van der Waals surface area contributed by atoms with Crippen molar-refractivity contribution >= 4 is 45.5 Å². The molecule has 0 aliphatic carbocycles. The number of halogens is 1. The second-order valence-electron chi connectivity index (χ2n) is 10.9. The third-order valence-electron chi connectivity index (χ3n) is 7.00. The Bertz CT molecular complexity index is 1440. The highest BCUT2D eigenvalue weighted by atomic mass is 35.5.